The molecule has 0 aliphatic heterocycles. The van der Waals surface area contributed by atoms with Crippen molar-refractivity contribution >= 4 is 60.8 Å². The van der Waals surface area contributed by atoms with Gasteiger partial charge in [-0.2, -0.15) is 0 Å². The van der Waals surface area contributed by atoms with Gasteiger partial charge in [-0.25, -0.2) is 0 Å². The Kier molecular flexibility index (Phi) is 8.49. The van der Waals surface area contributed by atoms with Crippen molar-refractivity contribution in [2.75, 3.05) is 4.90 Å². The smallest absolute Gasteiger partial charge is 0.145 e. The summed E-state index contributed by atoms with van der Waals surface area (Å²) in [7, 11) is 0. The van der Waals surface area contributed by atoms with E-state index in [4.69, 9.17) is 4.42 Å². The Labute approximate surface area is 350 Å². The molecule has 2 heterocycles. The summed E-state index contributed by atoms with van der Waals surface area (Å²) in [5, 5.41) is 4.66. The number of hydrogen-bond donors (Lipinski definition) is 0. The van der Waals surface area contributed by atoms with Crippen LogP contribution in [0.15, 0.2) is 205 Å². The number of rotatable bonds is 7. The van der Waals surface area contributed by atoms with Crippen LogP contribution in [0.3, 0.4) is 0 Å². The molecule has 0 fully saturated rings. The Morgan fingerprint density at radius 3 is 1.67 bits per heavy atom. The highest BCUT2D eigenvalue weighted by atomic mass is 16.3. The van der Waals surface area contributed by atoms with Gasteiger partial charge >= 0.3 is 0 Å². The third kappa shape index (κ3) is 5.81. The van der Waals surface area contributed by atoms with Crippen molar-refractivity contribution in [3.63, 3.8) is 0 Å². The number of hydrogen-bond acceptors (Lipinski definition) is 2. The summed E-state index contributed by atoms with van der Waals surface area (Å²) in [5.41, 5.74) is 19.2. The van der Waals surface area contributed by atoms with Gasteiger partial charge in [-0.3, -0.25) is 0 Å². The standard InChI is InChI=1S/C57H42N2O/c1-37-33-44(29-30-46(37)40-17-6-4-7-18-40)58(45-34-38(2)55(39(3)35-45)41-19-8-5-9-20-41)53-32-31-47(57-56(53)50-25-12-15-28-54(50)60-57)42-21-16-22-43(36-42)59-51-26-13-10-23-48(51)49-24-11-14-27-52(49)59/h4-36H,1-3H3. The van der Waals surface area contributed by atoms with Gasteiger partial charge in [-0.1, -0.05) is 133 Å². The predicted molar refractivity (Wildman–Crippen MR) is 253 cm³/mol. The summed E-state index contributed by atoms with van der Waals surface area (Å²) in [5.74, 6) is 0. The van der Waals surface area contributed by atoms with E-state index in [0.29, 0.717) is 0 Å². The van der Waals surface area contributed by atoms with Crippen LogP contribution in [0, 0.1) is 20.8 Å². The van der Waals surface area contributed by atoms with E-state index in [2.05, 4.69) is 230 Å². The largest absolute Gasteiger partial charge is 0.455 e. The van der Waals surface area contributed by atoms with E-state index >= 15 is 0 Å². The first-order valence-corrected chi connectivity index (χ1v) is 20.7. The number of para-hydroxylation sites is 3. The van der Waals surface area contributed by atoms with Crippen molar-refractivity contribution in [1.29, 1.82) is 0 Å². The lowest BCUT2D eigenvalue weighted by Crippen LogP contribution is -2.12. The second-order valence-corrected chi connectivity index (χ2v) is 15.9. The molecular formula is C57H42N2O. The van der Waals surface area contributed by atoms with E-state index in [9.17, 15) is 0 Å². The number of nitrogens with zero attached hydrogens (tertiary/aromatic N) is 2. The van der Waals surface area contributed by atoms with Crippen LogP contribution in [-0.2, 0) is 0 Å². The minimum absolute atomic E-state index is 0.863. The number of aryl methyl sites for hydroxylation is 3. The lowest BCUT2D eigenvalue weighted by molar-refractivity contribution is 0.670. The normalized spacial score (nSPS) is 11.6. The first-order valence-electron chi connectivity index (χ1n) is 20.7. The van der Waals surface area contributed by atoms with E-state index in [0.717, 1.165) is 55.8 Å². The molecule has 0 spiro atoms. The summed E-state index contributed by atoms with van der Waals surface area (Å²) in [6.45, 7) is 6.68. The third-order valence-corrected chi connectivity index (χ3v) is 12.1. The zero-order chi connectivity index (χ0) is 40.3. The van der Waals surface area contributed by atoms with Crippen LogP contribution in [-0.4, -0.2) is 4.57 Å². The van der Waals surface area contributed by atoms with Crippen molar-refractivity contribution in [3.05, 3.63) is 217 Å². The molecule has 0 amide bonds. The quantitative estimate of drug-likeness (QED) is 0.161. The van der Waals surface area contributed by atoms with Crippen LogP contribution in [0.1, 0.15) is 16.7 Å². The first-order chi connectivity index (χ1) is 29.5. The number of aromatic nitrogens is 1. The summed E-state index contributed by atoms with van der Waals surface area (Å²) >= 11 is 0. The fourth-order valence-corrected chi connectivity index (χ4v) is 9.52. The number of anilines is 3. The fourth-order valence-electron chi connectivity index (χ4n) is 9.52. The third-order valence-electron chi connectivity index (χ3n) is 12.1. The van der Waals surface area contributed by atoms with Gasteiger partial charge in [0.1, 0.15) is 11.2 Å². The monoisotopic (exact) mass is 770 g/mol. The molecule has 11 aromatic rings. The van der Waals surface area contributed by atoms with Crippen molar-refractivity contribution in [2.24, 2.45) is 0 Å². The summed E-state index contributed by atoms with van der Waals surface area (Å²) < 4.78 is 9.34. The number of fused-ring (bicyclic) bond motifs is 6. The predicted octanol–water partition coefficient (Wildman–Crippen LogP) is 16.1. The Morgan fingerprint density at radius 1 is 0.417 bits per heavy atom. The van der Waals surface area contributed by atoms with Gasteiger partial charge in [0, 0.05) is 38.8 Å². The van der Waals surface area contributed by atoms with Gasteiger partial charge in [0.05, 0.1) is 22.1 Å². The van der Waals surface area contributed by atoms with Crippen LogP contribution in [0.4, 0.5) is 17.1 Å². The van der Waals surface area contributed by atoms with Crippen molar-refractivity contribution < 1.29 is 4.42 Å². The summed E-state index contributed by atoms with van der Waals surface area (Å²) in [6, 6.07) is 72.2. The molecule has 0 N–H and O–H groups in total. The highest BCUT2D eigenvalue weighted by Crippen LogP contribution is 2.48. The molecule has 0 unspecified atom stereocenters. The maximum absolute atomic E-state index is 6.96. The second-order valence-electron chi connectivity index (χ2n) is 15.9. The molecule has 2 aromatic heterocycles. The molecule has 0 saturated carbocycles. The zero-order valence-electron chi connectivity index (χ0n) is 33.9. The van der Waals surface area contributed by atoms with Gasteiger partial charge in [-0.15, -0.1) is 0 Å². The van der Waals surface area contributed by atoms with Crippen LogP contribution in [0.25, 0.3) is 82.8 Å². The SMILES string of the molecule is Cc1cc(N(c2cc(C)c(-c3ccccc3)c(C)c2)c2ccc(-c3cccc(-n4c5ccccc5c5ccccc54)c3)c3oc4ccccc4c23)ccc1-c1ccccc1. The van der Waals surface area contributed by atoms with Crippen molar-refractivity contribution in [1.82, 2.24) is 4.57 Å². The molecule has 3 nitrogen and oxygen atoms in total. The zero-order valence-corrected chi connectivity index (χ0v) is 33.9. The van der Waals surface area contributed by atoms with E-state index in [1.807, 2.05) is 0 Å². The Balaban J connectivity index is 1.14. The molecule has 0 bridgehead atoms. The molecule has 0 atom stereocenters. The maximum atomic E-state index is 6.96. The Bertz CT molecular complexity index is 3330. The molecule has 0 aliphatic carbocycles. The molecule has 286 valence electrons. The second kappa shape index (κ2) is 14.3. The van der Waals surface area contributed by atoms with E-state index in [1.54, 1.807) is 0 Å². The molecule has 9 aromatic carbocycles. The topological polar surface area (TPSA) is 21.3 Å². The van der Waals surface area contributed by atoms with Gasteiger partial charge in [-0.05, 0) is 132 Å². The van der Waals surface area contributed by atoms with Gasteiger partial charge in [0.15, 0.2) is 0 Å². The number of furan rings is 1. The van der Waals surface area contributed by atoms with Gasteiger partial charge < -0.3 is 13.9 Å². The minimum atomic E-state index is 0.863. The minimum Gasteiger partial charge on any atom is -0.455 e. The highest BCUT2D eigenvalue weighted by molar-refractivity contribution is 6.17. The molecule has 11 rings (SSSR count). The fraction of sp³-hybridized carbons (Fsp3) is 0.0526. The van der Waals surface area contributed by atoms with Crippen LogP contribution >= 0.6 is 0 Å². The van der Waals surface area contributed by atoms with E-state index in [1.165, 1.54) is 60.8 Å². The molecule has 3 heteroatoms. The van der Waals surface area contributed by atoms with Crippen molar-refractivity contribution in [3.8, 4) is 39.1 Å². The van der Waals surface area contributed by atoms with Gasteiger partial charge in [0.25, 0.3) is 0 Å². The highest BCUT2D eigenvalue weighted by Gasteiger charge is 2.24. The lowest BCUT2D eigenvalue weighted by atomic mass is 9.94. The van der Waals surface area contributed by atoms with E-state index < -0.39 is 0 Å². The average molecular weight is 771 g/mol. The summed E-state index contributed by atoms with van der Waals surface area (Å²) in [6.07, 6.45) is 0. The lowest BCUT2D eigenvalue weighted by Gasteiger charge is -2.29. The average Bonchev–Trinajstić information content (AvgIpc) is 3.84. The van der Waals surface area contributed by atoms with Crippen LogP contribution < -0.4 is 4.90 Å². The van der Waals surface area contributed by atoms with Crippen LogP contribution in [0.5, 0.6) is 0 Å². The Hall–Kier alpha value is -7.62. The van der Waals surface area contributed by atoms with Crippen molar-refractivity contribution in [2.45, 2.75) is 20.8 Å². The molecule has 0 aliphatic rings. The summed E-state index contributed by atoms with van der Waals surface area (Å²) in [4.78, 5) is 2.43. The van der Waals surface area contributed by atoms with Gasteiger partial charge in [0.2, 0.25) is 0 Å². The maximum Gasteiger partial charge on any atom is 0.145 e. The Morgan fingerprint density at radius 2 is 0.983 bits per heavy atom. The van der Waals surface area contributed by atoms with E-state index in [-0.39, 0.29) is 0 Å². The number of benzene rings is 9. The molecule has 60 heavy (non-hydrogen) atoms. The molecule has 0 saturated heterocycles. The van der Waals surface area contributed by atoms with Crippen LogP contribution in [0.2, 0.25) is 0 Å². The molecular weight excluding hydrogens is 729 g/mol. The molecule has 0 radical (unpaired) electrons. The first kappa shape index (κ1) is 35.5.